The Morgan fingerprint density at radius 3 is 2.25 bits per heavy atom. The molecule has 0 atom stereocenters. The molecule has 0 aliphatic rings. The minimum Gasteiger partial charge on any atom is -0.497 e. The van der Waals surface area contributed by atoms with Gasteiger partial charge in [-0.05, 0) is 66.2 Å². The van der Waals surface area contributed by atoms with Gasteiger partial charge in [0.15, 0.2) is 0 Å². The molecule has 0 aliphatic carbocycles. The Bertz CT molecular complexity index is 1220. The van der Waals surface area contributed by atoms with Gasteiger partial charge in [0.25, 0.3) is 10.0 Å². The number of halogens is 1. The van der Waals surface area contributed by atoms with E-state index in [1.165, 1.54) is 31.4 Å². The summed E-state index contributed by atoms with van der Waals surface area (Å²) in [5.41, 5.74) is 1.38. The molecular weight excluding hydrogens is 452 g/mol. The predicted octanol–water partition coefficient (Wildman–Crippen LogP) is 4.81. The Balaban J connectivity index is 1.78. The molecule has 0 aromatic heterocycles. The fourth-order valence-electron chi connectivity index (χ4n) is 2.75. The maximum atomic E-state index is 12.8. The zero-order valence-corrected chi connectivity index (χ0v) is 18.9. The molecule has 0 unspecified atom stereocenters. The Kier molecular flexibility index (Phi) is 7.40. The van der Waals surface area contributed by atoms with Gasteiger partial charge in [-0.15, -0.1) is 0 Å². The number of carbonyl (C=O) groups is 1. The van der Waals surface area contributed by atoms with Crippen LogP contribution in [-0.2, 0) is 14.8 Å². The molecule has 0 heterocycles. The van der Waals surface area contributed by atoms with E-state index in [1.807, 2.05) is 0 Å². The summed E-state index contributed by atoms with van der Waals surface area (Å²) in [6.45, 7) is 0. The van der Waals surface area contributed by atoms with Gasteiger partial charge in [0.1, 0.15) is 11.5 Å². The summed E-state index contributed by atoms with van der Waals surface area (Å²) < 4.78 is 38.4. The van der Waals surface area contributed by atoms with E-state index < -0.39 is 15.9 Å². The van der Waals surface area contributed by atoms with E-state index in [-0.39, 0.29) is 10.6 Å². The van der Waals surface area contributed by atoms with Crippen LogP contribution in [0.1, 0.15) is 5.56 Å². The lowest BCUT2D eigenvalue weighted by Gasteiger charge is -2.13. The fourth-order valence-corrected chi connectivity index (χ4v) is 3.96. The number of benzene rings is 3. The van der Waals surface area contributed by atoms with Crippen LogP contribution in [0.5, 0.6) is 11.5 Å². The summed E-state index contributed by atoms with van der Waals surface area (Å²) in [5.74, 6) is 0.586. The number of rotatable bonds is 8. The van der Waals surface area contributed by atoms with Crippen LogP contribution in [0.15, 0.2) is 77.7 Å². The number of methoxy groups -OCH3 is 2. The fraction of sp³-hybridized carbons (Fsp3) is 0.0870. The van der Waals surface area contributed by atoms with Gasteiger partial charge in [-0.1, -0.05) is 23.7 Å². The van der Waals surface area contributed by atoms with Gasteiger partial charge < -0.3 is 14.8 Å². The number of hydrogen-bond donors (Lipinski definition) is 2. The van der Waals surface area contributed by atoms with Gasteiger partial charge in [-0.25, -0.2) is 8.42 Å². The van der Waals surface area contributed by atoms with Gasteiger partial charge in [0.05, 0.1) is 24.8 Å². The topological polar surface area (TPSA) is 93.7 Å². The third-order valence-corrected chi connectivity index (χ3v) is 6.01. The van der Waals surface area contributed by atoms with Crippen LogP contribution in [0.4, 0.5) is 11.4 Å². The van der Waals surface area contributed by atoms with Crippen LogP contribution >= 0.6 is 11.6 Å². The van der Waals surface area contributed by atoms with Crippen LogP contribution in [0.25, 0.3) is 6.08 Å². The lowest BCUT2D eigenvalue weighted by atomic mass is 10.2. The highest BCUT2D eigenvalue weighted by Crippen LogP contribution is 2.29. The molecule has 32 heavy (non-hydrogen) atoms. The molecule has 166 valence electrons. The van der Waals surface area contributed by atoms with E-state index >= 15 is 0 Å². The van der Waals surface area contributed by atoms with Crippen LogP contribution in [0.3, 0.4) is 0 Å². The summed E-state index contributed by atoms with van der Waals surface area (Å²) in [6, 6.07) is 17.6. The Morgan fingerprint density at radius 1 is 0.938 bits per heavy atom. The van der Waals surface area contributed by atoms with Crippen molar-refractivity contribution in [2.45, 2.75) is 4.90 Å². The first-order chi connectivity index (χ1) is 15.3. The number of sulfonamides is 1. The molecule has 0 saturated carbocycles. The zero-order valence-electron chi connectivity index (χ0n) is 17.3. The van der Waals surface area contributed by atoms with E-state index in [9.17, 15) is 13.2 Å². The van der Waals surface area contributed by atoms with Crippen molar-refractivity contribution in [3.05, 3.63) is 83.4 Å². The second-order valence-corrected chi connectivity index (χ2v) is 8.69. The molecule has 1 amide bonds. The van der Waals surface area contributed by atoms with Crippen molar-refractivity contribution in [1.82, 2.24) is 0 Å². The quantitative estimate of drug-likeness (QED) is 0.459. The third-order valence-electron chi connectivity index (χ3n) is 4.38. The van der Waals surface area contributed by atoms with E-state index in [0.29, 0.717) is 22.2 Å². The van der Waals surface area contributed by atoms with Crippen molar-refractivity contribution < 1.29 is 22.7 Å². The highest BCUT2D eigenvalue weighted by Gasteiger charge is 2.17. The molecule has 0 spiro atoms. The average Bonchev–Trinajstić information content (AvgIpc) is 2.79. The van der Waals surface area contributed by atoms with Crippen molar-refractivity contribution in [3.8, 4) is 11.5 Å². The lowest BCUT2D eigenvalue weighted by molar-refractivity contribution is -0.111. The SMILES string of the molecule is COc1ccc(C=CC(=O)Nc2cc(S(=O)(=O)Nc3ccc(Cl)cc3)ccc2OC)cc1. The lowest BCUT2D eigenvalue weighted by Crippen LogP contribution is -2.14. The number of ether oxygens (including phenoxy) is 2. The molecular formula is C23H21ClN2O5S. The zero-order chi connectivity index (χ0) is 23.1. The molecule has 0 radical (unpaired) electrons. The number of amides is 1. The summed E-state index contributed by atoms with van der Waals surface area (Å²) in [6.07, 6.45) is 2.97. The first kappa shape index (κ1) is 23.2. The number of nitrogens with one attached hydrogen (secondary N) is 2. The van der Waals surface area contributed by atoms with Gasteiger partial charge in [-0.2, -0.15) is 0 Å². The highest BCUT2D eigenvalue weighted by atomic mass is 35.5. The van der Waals surface area contributed by atoms with Crippen LogP contribution < -0.4 is 19.5 Å². The molecule has 7 nitrogen and oxygen atoms in total. The molecule has 0 fully saturated rings. The Hall–Kier alpha value is -3.49. The van der Waals surface area contributed by atoms with E-state index in [4.69, 9.17) is 21.1 Å². The number of anilines is 2. The third kappa shape index (κ3) is 6.03. The maximum absolute atomic E-state index is 12.8. The molecule has 3 aromatic carbocycles. The highest BCUT2D eigenvalue weighted by molar-refractivity contribution is 7.92. The molecule has 3 aromatic rings. The van der Waals surface area contributed by atoms with Crippen LogP contribution in [0.2, 0.25) is 5.02 Å². The van der Waals surface area contributed by atoms with Crippen molar-refractivity contribution >= 4 is 45.0 Å². The second kappa shape index (κ2) is 10.2. The molecule has 9 heteroatoms. The Morgan fingerprint density at radius 2 is 1.62 bits per heavy atom. The van der Waals surface area contributed by atoms with E-state index in [1.54, 1.807) is 61.7 Å². The normalized spacial score (nSPS) is 11.2. The summed E-state index contributed by atoms with van der Waals surface area (Å²) in [4.78, 5) is 12.4. The summed E-state index contributed by atoms with van der Waals surface area (Å²) in [7, 11) is -0.898. The van der Waals surface area contributed by atoms with Gasteiger partial charge in [-0.3, -0.25) is 9.52 Å². The number of carbonyl (C=O) groups excluding carboxylic acids is 1. The maximum Gasteiger partial charge on any atom is 0.261 e. The van der Waals surface area contributed by atoms with Crippen molar-refractivity contribution in [2.24, 2.45) is 0 Å². The summed E-state index contributed by atoms with van der Waals surface area (Å²) >= 11 is 5.84. The summed E-state index contributed by atoms with van der Waals surface area (Å²) in [5, 5.41) is 3.14. The van der Waals surface area contributed by atoms with Crippen LogP contribution in [0, 0.1) is 0 Å². The standard InChI is InChI=1S/C23H21ClN2O5S/c1-30-19-10-3-16(4-11-19)5-14-23(27)25-21-15-20(12-13-22(21)31-2)32(28,29)26-18-8-6-17(24)7-9-18/h3-15,26H,1-2H3,(H,25,27). The van der Waals surface area contributed by atoms with Gasteiger partial charge >= 0.3 is 0 Å². The van der Waals surface area contributed by atoms with Crippen molar-refractivity contribution in [3.63, 3.8) is 0 Å². The smallest absolute Gasteiger partial charge is 0.261 e. The largest absolute Gasteiger partial charge is 0.497 e. The monoisotopic (exact) mass is 472 g/mol. The van der Waals surface area contributed by atoms with E-state index in [2.05, 4.69) is 10.0 Å². The molecule has 0 aliphatic heterocycles. The van der Waals surface area contributed by atoms with Crippen molar-refractivity contribution in [2.75, 3.05) is 24.3 Å². The van der Waals surface area contributed by atoms with Gasteiger partial charge in [0, 0.05) is 16.8 Å². The Labute approximate surface area is 191 Å². The molecule has 0 saturated heterocycles. The molecule has 2 N–H and O–H groups in total. The minimum absolute atomic E-state index is 0.0392. The molecule has 0 bridgehead atoms. The first-order valence-electron chi connectivity index (χ1n) is 9.40. The second-order valence-electron chi connectivity index (χ2n) is 6.57. The molecule has 3 rings (SSSR count). The minimum atomic E-state index is -3.90. The average molecular weight is 473 g/mol. The first-order valence-corrected chi connectivity index (χ1v) is 11.3. The predicted molar refractivity (Wildman–Crippen MR) is 126 cm³/mol. The van der Waals surface area contributed by atoms with E-state index in [0.717, 1.165) is 5.56 Å². The van der Waals surface area contributed by atoms with Crippen LogP contribution in [-0.4, -0.2) is 28.5 Å². The van der Waals surface area contributed by atoms with Crippen molar-refractivity contribution in [1.29, 1.82) is 0 Å². The number of hydrogen-bond acceptors (Lipinski definition) is 5. The van der Waals surface area contributed by atoms with Gasteiger partial charge in [0.2, 0.25) is 5.91 Å².